The number of rotatable bonds is 3. The number of carbonyl (C=O) groups is 1. The minimum Gasteiger partial charge on any atom is -0.335 e. The van der Waals surface area contributed by atoms with Gasteiger partial charge >= 0.3 is 0 Å². The lowest BCUT2D eigenvalue weighted by atomic mass is 10.3. The van der Waals surface area contributed by atoms with E-state index in [1.807, 2.05) is 16.8 Å². The molecule has 1 aliphatic heterocycles. The van der Waals surface area contributed by atoms with E-state index in [2.05, 4.69) is 4.98 Å². The van der Waals surface area contributed by atoms with Gasteiger partial charge in [0.2, 0.25) is 10.0 Å². The molecule has 0 saturated carbocycles. The van der Waals surface area contributed by atoms with Gasteiger partial charge in [-0.05, 0) is 11.4 Å². The van der Waals surface area contributed by atoms with Crippen molar-refractivity contribution in [2.24, 2.45) is 0 Å². The molecule has 3 heterocycles. The van der Waals surface area contributed by atoms with E-state index in [4.69, 9.17) is 0 Å². The molecule has 1 amide bonds. The largest absolute Gasteiger partial charge is 0.335 e. The number of sulfonamides is 1. The Hall–Kier alpha value is -1.29. The number of thiazole rings is 1. The Balaban J connectivity index is 1.68. The average Bonchev–Trinajstić information content (AvgIpc) is 3.16. The highest BCUT2D eigenvalue weighted by Crippen LogP contribution is 2.26. The zero-order chi connectivity index (χ0) is 15.7. The maximum atomic E-state index is 12.4. The average molecular weight is 357 g/mol. The molecule has 0 radical (unpaired) electrons. The van der Waals surface area contributed by atoms with Gasteiger partial charge in [-0.25, -0.2) is 13.4 Å². The van der Waals surface area contributed by atoms with Crippen LogP contribution in [0.4, 0.5) is 0 Å². The van der Waals surface area contributed by atoms with Gasteiger partial charge in [0.1, 0.15) is 10.7 Å². The number of hydrogen-bond donors (Lipinski definition) is 0. The zero-order valence-electron chi connectivity index (χ0n) is 11.9. The Kier molecular flexibility index (Phi) is 4.31. The molecule has 0 N–H and O–H groups in total. The van der Waals surface area contributed by atoms with Crippen LogP contribution in [0, 0.1) is 0 Å². The number of aromatic nitrogens is 1. The first kappa shape index (κ1) is 15.6. The quantitative estimate of drug-likeness (QED) is 0.836. The van der Waals surface area contributed by atoms with Crippen LogP contribution in [0.2, 0.25) is 0 Å². The first-order valence-corrected chi connectivity index (χ1v) is 10.3. The van der Waals surface area contributed by atoms with E-state index in [9.17, 15) is 13.2 Å². The zero-order valence-corrected chi connectivity index (χ0v) is 14.4. The highest BCUT2D eigenvalue weighted by atomic mass is 32.2. The molecule has 2 aromatic rings. The van der Waals surface area contributed by atoms with Crippen LogP contribution in [0.5, 0.6) is 0 Å². The number of hydrogen-bond acceptors (Lipinski definition) is 6. The molecule has 0 aromatic carbocycles. The minimum absolute atomic E-state index is 0.133. The molecule has 0 atom stereocenters. The van der Waals surface area contributed by atoms with E-state index in [0.717, 1.165) is 10.6 Å². The van der Waals surface area contributed by atoms with Gasteiger partial charge in [-0.1, -0.05) is 0 Å². The molecular weight excluding hydrogens is 342 g/mol. The third-order valence-corrected chi connectivity index (χ3v) is 6.36. The van der Waals surface area contributed by atoms with Crippen molar-refractivity contribution in [3.8, 4) is 10.6 Å². The third-order valence-electron chi connectivity index (χ3n) is 3.49. The molecule has 9 heteroatoms. The molecule has 0 spiro atoms. The van der Waals surface area contributed by atoms with Gasteiger partial charge in [0.15, 0.2) is 0 Å². The summed E-state index contributed by atoms with van der Waals surface area (Å²) >= 11 is 3.04. The summed E-state index contributed by atoms with van der Waals surface area (Å²) < 4.78 is 24.4. The summed E-state index contributed by atoms with van der Waals surface area (Å²) in [4.78, 5) is 18.5. The SMILES string of the molecule is CS(=O)(=O)N1CCN(C(=O)c2csc(-c3ccsc3)n2)CC1. The summed E-state index contributed by atoms with van der Waals surface area (Å²) in [5.74, 6) is -0.133. The van der Waals surface area contributed by atoms with E-state index in [-0.39, 0.29) is 5.91 Å². The summed E-state index contributed by atoms with van der Waals surface area (Å²) in [5.41, 5.74) is 1.45. The van der Waals surface area contributed by atoms with Gasteiger partial charge in [0.25, 0.3) is 5.91 Å². The predicted molar refractivity (Wildman–Crippen MR) is 87.7 cm³/mol. The van der Waals surface area contributed by atoms with Crippen molar-refractivity contribution in [3.63, 3.8) is 0 Å². The first-order chi connectivity index (χ1) is 10.4. The van der Waals surface area contributed by atoms with Crippen molar-refractivity contribution < 1.29 is 13.2 Å². The molecule has 1 fully saturated rings. The van der Waals surface area contributed by atoms with Crippen LogP contribution in [0.25, 0.3) is 10.6 Å². The van der Waals surface area contributed by atoms with Crippen molar-refractivity contribution in [1.82, 2.24) is 14.2 Å². The molecule has 118 valence electrons. The fourth-order valence-corrected chi connectivity index (χ4v) is 4.61. The van der Waals surface area contributed by atoms with E-state index < -0.39 is 10.0 Å². The van der Waals surface area contributed by atoms with Crippen molar-refractivity contribution in [3.05, 3.63) is 27.9 Å². The Labute approximate surface area is 137 Å². The lowest BCUT2D eigenvalue weighted by molar-refractivity contribution is 0.0693. The summed E-state index contributed by atoms with van der Waals surface area (Å²) in [7, 11) is -3.18. The molecular formula is C13H15N3O3S3. The van der Waals surface area contributed by atoms with Crippen LogP contribution in [0.15, 0.2) is 22.2 Å². The molecule has 0 unspecified atom stereocenters. The maximum Gasteiger partial charge on any atom is 0.273 e. The Morgan fingerprint density at radius 2 is 1.95 bits per heavy atom. The molecule has 0 bridgehead atoms. The smallest absolute Gasteiger partial charge is 0.273 e. The summed E-state index contributed by atoms with van der Waals surface area (Å²) in [6, 6.07) is 1.97. The number of piperazine rings is 1. The fraction of sp³-hybridized carbons (Fsp3) is 0.385. The molecule has 1 saturated heterocycles. The van der Waals surface area contributed by atoms with Gasteiger partial charge in [-0.15, -0.1) is 11.3 Å². The minimum atomic E-state index is -3.18. The van der Waals surface area contributed by atoms with Crippen LogP contribution in [-0.2, 0) is 10.0 Å². The number of nitrogens with zero attached hydrogens (tertiary/aromatic N) is 3. The standard InChI is InChI=1S/C13H15N3O3S3/c1-22(18,19)16-5-3-15(4-6-16)13(17)11-9-21-12(14-11)10-2-7-20-8-10/h2,7-9H,3-6H2,1H3. The summed E-state index contributed by atoms with van der Waals surface area (Å²) in [6.45, 7) is 1.48. The summed E-state index contributed by atoms with van der Waals surface area (Å²) in [6.07, 6.45) is 1.19. The Morgan fingerprint density at radius 1 is 1.23 bits per heavy atom. The van der Waals surface area contributed by atoms with Crippen LogP contribution in [-0.4, -0.2) is 60.9 Å². The Bertz CT molecular complexity index is 760. The molecule has 6 nitrogen and oxygen atoms in total. The van der Waals surface area contributed by atoms with Gasteiger partial charge in [0.05, 0.1) is 6.26 Å². The highest BCUT2D eigenvalue weighted by Gasteiger charge is 2.27. The van der Waals surface area contributed by atoms with Crippen molar-refractivity contribution >= 4 is 38.6 Å². The summed E-state index contributed by atoms with van der Waals surface area (Å²) in [5, 5.41) is 6.57. The topological polar surface area (TPSA) is 70.6 Å². The lowest BCUT2D eigenvalue weighted by Gasteiger charge is -2.32. The highest BCUT2D eigenvalue weighted by molar-refractivity contribution is 7.88. The number of thiophene rings is 1. The predicted octanol–water partition coefficient (Wildman–Crippen LogP) is 1.59. The van der Waals surface area contributed by atoms with Crippen molar-refractivity contribution in [1.29, 1.82) is 0 Å². The number of amides is 1. The number of carbonyl (C=O) groups excluding carboxylic acids is 1. The normalized spacial score (nSPS) is 16.9. The van der Waals surface area contributed by atoms with E-state index in [1.54, 1.807) is 21.6 Å². The second kappa shape index (κ2) is 6.07. The van der Waals surface area contributed by atoms with Crippen LogP contribution < -0.4 is 0 Å². The Morgan fingerprint density at radius 3 is 2.55 bits per heavy atom. The van der Waals surface area contributed by atoms with Gasteiger partial charge in [-0.2, -0.15) is 15.6 Å². The molecule has 0 aliphatic carbocycles. The van der Waals surface area contributed by atoms with E-state index in [0.29, 0.717) is 31.9 Å². The molecule has 22 heavy (non-hydrogen) atoms. The molecule has 3 rings (SSSR count). The van der Waals surface area contributed by atoms with Crippen molar-refractivity contribution in [2.75, 3.05) is 32.4 Å². The fourth-order valence-electron chi connectivity index (χ4n) is 2.28. The first-order valence-electron chi connectivity index (χ1n) is 6.67. The van der Waals surface area contributed by atoms with Gasteiger partial charge < -0.3 is 4.90 Å². The van der Waals surface area contributed by atoms with E-state index >= 15 is 0 Å². The van der Waals surface area contributed by atoms with Crippen LogP contribution in [0.3, 0.4) is 0 Å². The lowest BCUT2D eigenvalue weighted by Crippen LogP contribution is -2.50. The molecule has 1 aliphatic rings. The second-order valence-electron chi connectivity index (χ2n) is 5.00. The van der Waals surface area contributed by atoms with Gasteiger partial charge in [0, 0.05) is 42.5 Å². The second-order valence-corrected chi connectivity index (χ2v) is 8.62. The van der Waals surface area contributed by atoms with Crippen LogP contribution in [0.1, 0.15) is 10.5 Å². The van der Waals surface area contributed by atoms with E-state index in [1.165, 1.54) is 21.9 Å². The molecule has 2 aromatic heterocycles. The van der Waals surface area contributed by atoms with Gasteiger partial charge in [-0.3, -0.25) is 4.79 Å². The monoisotopic (exact) mass is 357 g/mol. The van der Waals surface area contributed by atoms with Crippen LogP contribution >= 0.6 is 22.7 Å². The maximum absolute atomic E-state index is 12.4. The van der Waals surface area contributed by atoms with Crippen molar-refractivity contribution in [2.45, 2.75) is 0 Å². The third kappa shape index (κ3) is 3.22.